The topological polar surface area (TPSA) is 93.2 Å². The van der Waals surface area contributed by atoms with Gasteiger partial charge in [-0.15, -0.1) is 11.3 Å². The maximum atomic E-state index is 10.5. The summed E-state index contributed by atoms with van der Waals surface area (Å²) in [6, 6.07) is 3.99. The maximum Gasteiger partial charge on any atom is 0.306 e. The zero-order valence-electron chi connectivity index (χ0n) is 10.1. The molecule has 0 aliphatic carbocycles. The molecule has 2 N–H and O–H groups in total. The van der Waals surface area contributed by atoms with Crippen molar-refractivity contribution in [3.05, 3.63) is 44.9 Å². The fraction of sp³-hybridized carbons (Fsp3) is 0.364. The number of thiophene rings is 1. The fourth-order valence-corrected chi connectivity index (χ4v) is 2.28. The normalized spacial score (nSPS) is 12.5. The molecule has 0 amide bonds. The highest BCUT2D eigenvalue weighted by Gasteiger charge is 2.11. The number of hydrogen-bond acceptors (Lipinski definition) is 6. The van der Waals surface area contributed by atoms with Gasteiger partial charge in [0, 0.05) is 18.0 Å². The van der Waals surface area contributed by atoms with E-state index in [1.807, 2.05) is 17.5 Å². The predicted molar refractivity (Wildman–Crippen MR) is 70.9 cm³/mol. The van der Waals surface area contributed by atoms with Gasteiger partial charge in [-0.05, 0) is 11.4 Å². The Balaban J connectivity index is 1.74. The third-order valence-electron chi connectivity index (χ3n) is 2.49. The molecule has 7 nitrogen and oxygen atoms in total. The minimum Gasteiger partial charge on any atom is -0.390 e. The number of nitro groups is 1. The van der Waals surface area contributed by atoms with Gasteiger partial charge in [0.15, 0.2) is 0 Å². The average molecular weight is 282 g/mol. The summed E-state index contributed by atoms with van der Waals surface area (Å²) in [5.41, 5.74) is -0.0706. The molecule has 0 radical (unpaired) electrons. The van der Waals surface area contributed by atoms with E-state index in [2.05, 4.69) is 10.4 Å². The van der Waals surface area contributed by atoms with E-state index in [9.17, 15) is 15.2 Å². The minimum absolute atomic E-state index is 0.0706. The molecule has 2 heterocycles. The van der Waals surface area contributed by atoms with Gasteiger partial charge in [-0.25, -0.2) is 0 Å². The van der Waals surface area contributed by atoms with Crippen LogP contribution in [-0.4, -0.2) is 32.5 Å². The smallest absolute Gasteiger partial charge is 0.306 e. The van der Waals surface area contributed by atoms with E-state index >= 15 is 0 Å². The highest BCUT2D eigenvalue weighted by molar-refractivity contribution is 7.09. The molecular formula is C11H14N4O3S. The van der Waals surface area contributed by atoms with E-state index in [1.54, 1.807) is 11.3 Å². The molecule has 0 saturated heterocycles. The highest BCUT2D eigenvalue weighted by atomic mass is 32.1. The molecule has 2 rings (SSSR count). The first kappa shape index (κ1) is 13.7. The molecule has 1 unspecified atom stereocenters. The number of rotatable bonds is 7. The van der Waals surface area contributed by atoms with Gasteiger partial charge in [0.25, 0.3) is 0 Å². The van der Waals surface area contributed by atoms with Gasteiger partial charge in [-0.3, -0.25) is 14.8 Å². The monoisotopic (exact) mass is 282 g/mol. The van der Waals surface area contributed by atoms with Crippen molar-refractivity contribution >= 4 is 17.0 Å². The second-order valence-electron chi connectivity index (χ2n) is 4.04. The second kappa shape index (κ2) is 6.41. The van der Waals surface area contributed by atoms with Crippen LogP contribution in [0.3, 0.4) is 0 Å². The molecule has 0 saturated carbocycles. The quantitative estimate of drug-likeness (QED) is 0.584. The van der Waals surface area contributed by atoms with Crippen molar-refractivity contribution in [2.75, 3.05) is 6.54 Å². The summed E-state index contributed by atoms with van der Waals surface area (Å²) in [6.45, 7) is 1.34. The van der Waals surface area contributed by atoms with E-state index in [0.29, 0.717) is 13.1 Å². The Morgan fingerprint density at radius 2 is 2.47 bits per heavy atom. The highest BCUT2D eigenvalue weighted by Crippen LogP contribution is 2.09. The molecule has 102 valence electrons. The molecule has 0 aromatic carbocycles. The number of nitrogens with one attached hydrogen (secondary N) is 1. The van der Waals surface area contributed by atoms with Crippen LogP contribution in [0.5, 0.6) is 0 Å². The SMILES string of the molecule is O=[N+]([O-])c1cnn(CC(O)CNCc2cccs2)c1. The summed E-state index contributed by atoms with van der Waals surface area (Å²) in [7, 11) is 0. The molecule has 1 atom stereocenters. The van der Waals surface area contributed by atoms with E-state index in [4.69, 9.17) is 0 Å². The molecule has 2 aromatic rings. The Bertz CT molecular complexity index is 526. The standard InChI is InChI=1S/C11H14N4O3S/c16-10(5-12-6-11-2-1-3-19-11)8-14-7-9(4-13-14)15(17)18/h1-4,7,10,12,16H,5-6,8H2. The van der Waals surface area contributed by atoms with E-state index in [-0.39, 0.29) is 12.2 Å². The van der Waals surface area contributed by atoms with Crippen LogP contribution in [0.2, 0.25) is 0 Å². The number of aliphatic hydroxyl groups is 1. The number of aromatic nitrogens is 2. The van der Waals surface area contributed by atoms with Crippen LogP contribution in [0, 0.1) is 10.1 Å². The Morgan fingerprint density at radius 3 is 3.11 bits per heavy atom. The molecule has 2 aromatic heterocycles. The van der Waals surface area contributed by atoms with Crippen LogP contribution >= 0.6 is 11.3 Å². The number of nitrogens with zero attached hydrogens (tertiary/aromatic N) is 3. The first-order chi connectivity index (χ1) is 9.15. The Hall–Kier alpha value is -1.77. The molecule has 0 aliphatic heterocycles. The molecular weight excluding hydrogens is 268 g/mol. The first-order valence-electron chi connectivity index (χ1n) is 5.73. The van der Waals surface area contributed by atoms with Crippen molar-refractivity contribution in [1.29, 1.82) is 0 Å². The van der Waals surface area contributed by atoms with Crippen LogP contribution in [0.25, 0.3) is 0 Å². The number of aliphatic hydroxyl groups excluding tert-OH is 1. The third-order valence-corrected chi connectivity index (χ3v) is 3.36. The summed E-state index contributed by atoms with van der Waals surface area (Å²) < 4.78 is 1.37. The predicted octanol–water partition coefficient (Wildman–Crippen LogP) is 1.00. The molecule has 0 aliphatic rings. The van der Waals surface area contributed by atoms with E-state index < -0.39 is 11.0 Å². The Morgan fingerprint density at radius 1 is 1.63 bits per heavy atom. The molecule has 0 bridgehead atoms. The van der Waals surface area contributed by atoms with Gasteiger partial charge in [0.1, 0.15) is 12.4 Å². The lowest BCUT2D eigenvalue weighted by Crippen LogP contribution is -2.29. The lowest BCUT2D eigenvalue weighted by Gasteiger charge is -2.11. The third kappa shape index (κ3) is 4.12. The second-order valence-corrected chi connectivity index (χ2v) is 5.07. The van der Waals surface area contributed by atoms with Crippen molar-refractivity contribution in [2.24, 2.45) is 0 Å². The van der Waals surface area contributed by atoms with Crippen molar-refractivity contribution in [3.8, 4) is 0 Å². The molecule has 0 fully saturated rings. The summed E-state index contributed by atoms with van der Waals surface area (Å²) in [5, 5.41) is 29.2. The summed E-state index contributed by atoms with van der Waals surface area (Å²) in [6.07, 6.45) is 1.84. The zero-order chi connectivity index (χ0) is 13.7. The minimum atomic E-state index is -0.639. The van der Waals surface area contributed by atoms with E-state index in [1.165, 1.54) is 22.0 Å². The van der Waals surface area contributed by atoms with Gasteiger partial charge in [-0.1, -0.05) is 6.07 Å². The van der Waals surface area contributed by atoms with Crippen LogP contribution in [0.4, 0.5) is 5.69 Å². The van der Waals surface area contributed by atoms with Crippen molar-refractivity contribution in [1.82, 2.24) is 15.1 Å². The van der Waals surface area contributed by atoms with Crippen molar-refractivity contribution < 1.29 is 10.0 Å². The van der Waals surface area contributed by atoms with Crippen LogP contribution in [-0.2, 0) is 13.1 Å². The Labute approximate surface area is 113 Å². The van der Waals surface area contributed by atoms with Crippen LogP contribution in [0.1, 0.15) is 4.88 Å². The Kier molecular flexibility index (Phi) is 4.61. The van der Waals surface area contributed by atoms with Gasteiger partial charge in [0.2, 0.25) is 0 Å². The van der Waals surface area contributed by atoms with Gasteiger partial charge in [0.05, 0.1) is 17.6 Å². The summed E-state index contributed by atoms with van der Waals surface area (Å²) >= 11 is 1.65. The number of hydrogen-bond donors (Lipinski definition) is 2. The lowest BCUT2D eigenvalue weighted by molar-refractivity contribution is -0.385. The van der Waals surface area contributed by atoms with Crippen molar-refractivity contribution in [2.45, 2.75) is 19.2 Å². The van der Waals surface area contributed by atoms with Crippen molar-refractivity contribution in [3.63, 3.8) is 0 Å². The summed E-state index contributed by atoms with van der Waals surface area (Å²) in [4.78, 5) is 11.2. The van der Waals surface area contributed by atoms with Gasteiger partial charge < -0.3 is 10.4 Å². The average Bonchev–Trinajstić information content (AvgIpc) is 3.00. The first-order valence-corrected chi connectivity index (χ1v) is 6.61. The summed E-state index contributed by atoms with van der Waals surface area (Å²) in [5.74, 6) is 0. The molecule has 19 heavy (non-hydrogen) atoms. The molecule has 0 spiro atoms. The molecule has 8 heteroatoms. The van der Waals surface area contributed by atoms with Gasteiger partial charge >= 0.3 is 5.69 Å². The van der Waals surface area contributed by atoms with Gasteiger partial charge in [-0.2, -0.15) is 5.10 Å². The largest absolute Gasteiger partial charge is 0.390 e. The van der Waals surface area contributed by atoms with Crippen LogP contribution < -0.4 is 5.32 Å². The lowest BCUT2D eigenvalue weighted by atomic mass is 10.3. The zero-order valence-corrected chi connectivity index (χ0v) is 10.9. The fourth-order valence-electron chi connectivity index (χ4n) is 1.60. The van der Waals surface area contributed by atoms with E-state index in [0.717, 1.165) is 0 Å². The van der Waals surface area contributed by atoms with Crippen LogP contribution in [0.15, 0.2) is 29.9 Å². The maximum absolute atomic E-state index is 10.5.